The van der Waals surface area contributed by atoms with Gasteiger partial charge in [-0.2, -0.15) is 0 Å². The zero-order valence-corrected chi connectivity index (χ0v) is 14.1. The van der Waals surface area contributed by atoms with Gasteiger partial charge in [-0.3, -0.25) is 4.79 Å². The third-order valence-electron chi connectivity index (χ3n) is 5.16. The lowest BCUT2D eigenvalue weighted by atomic mass is 9.92. The van der Waals surface area contributed by atoms with Crippen LogP contribution in [0.15, 0.2) is 30.3 Å². The lowest BCUT2D eigenvalue weighted by Crippen LogP contribution is -2.42. The molecule has 4 atom stereocenters. The van der Waals surface area contributed by atoms with Gasteiger partial charge in [-0.15, -0.1) is 0 Å². The summed E-state index contributed by atoms with van der Waals surface area (Å²) in [5.74, 6) is 0.509. The number of nitrogens with zero attached hydrogens (tertiary/aromatic N) is 1. The number of ether oxygens (including phenoxy) is 2. The van der Waals surface area contributed by atoms with Gasteiger partial charge in [0.1, 0.15) is 6.61 Å². The molecule has 1 aromatic carbocycles. The van der Waals surface area contributed by atoms with Crippen LogP contribution in [-0.4, -0.2) is 48.8 Å². The minimum absolute atomic E-state index is 0.0985. The quantitative estimate of drug-likeness (QED) is 0.838. The smallest absolute Gasteiger partial charge is 0.249 e. The molecule has 0 saturated carbocycles. The van der Waals surface area contributed by atoms with E-state index in [9.17, 15) is 4.79 Å². The van der Waals surface area contributed by atoms with Crippen LogP contribution < -0.4 is 0 Å². The van der Waals surface area contributed by atoms with Crippen LogP contribution in [0, 0.1) is 0 Å². The average molecular weight is 317 g/mol. The van der Waals surface area contributed by atoms with Crippen molar-refractivity contribution >= 4 is 5.91 Å². The monoisotopic (exact) mass is 317 g/mol. The highest BCUT2D eigenvalue weighted by atomic mass is 16.5. The summed E-state index contributed by atoms with van der Waals surface area (Å²) in [5.41, 5.74) is 1.32. The van der Waals surface area contributed by atoms with E-state index in [1.807, 2.05) is 11.0 Å². The maximum atomic E-state index is 12.6. The summed E-state index contributed by atoms with van der Waals surface area (Å²) >= 11 is 0. The van der Waals surface area contributed by atoms with E-state index < -0.39 is 0 Å². The van der Waals surface area contributed by atoms with Crippen LogP contribution in [0.5, 0.6) is 0 Å². The van der Waals surface area contributed by atoms with Crippen LogP contribution in [0.1, 0.15) is 44.6 Å². The molecule has 0 radical (unpaired) electrons. The van der Waals surface area contributed by atoms with E-state index in [0.717, 1.165) is 25.9 Å². The van der Waals surface area contributed by atoms with E-state index in [2.05, 4.69) is 38.1 Å². The van der Waals surface area contributed by atoms with Crippen LogP contribution in [0.25, 0.3) is 0 Å². The van der Waals surface area contributed by atoms with Gasteiger partial charge in [0.15, 0.2) is 0 Å². The molecule has 2 aliphatic rings. The summed E-state index contributed by atoms with van der Waals surface area (Å²) in [4.78, 5) is 14.6. The Morgan fingerprint density at radius 3 is 2.78 bits per heavy atom. The summed E-state index contributed by atoms with van der Waals surface area (Å²) in [6.45, 7) is 5.80. The molecule has 126 valence electrons. The second-order valence-electron chi connectivity index (χ2n) is 6.79. The van der Waals surface area contributed by atoms with Gasteiger partial charge in [0.25, 0.3) is 0 Å². The largest absolute Gasteiger partial charge is 0.376 e. The van der Waals surface area contributed by atoms with Crippen LogP contribution in [0.3, 0.4) is 0 Å². The summed E-state index contributed by atoms with van der Waals surface area (Å²) < 4.78 is 11.1. The fourth-order valence-electron chi connectivity index (χ4n) is 3.99. The van der Waals surface area contributed by atoms with Gasteiger partial charge in [0.2, 0.25) is 5.91 Å². The first-order chi connectivity index (χ1) is 11.2. The normalized spacial score (nSPS) is 30.8. The Labute approximate surface area is 138 Å². The molecule has 0 spiro atoms. The van der Waals surface area contributed by atoms with Crippen molar-refractivity contribution in [2.24, 2.45) is 0 Å². The number of hydrogen-bond acceptors (Lipinski definition) is 3. The summed E-state index contributed by atoms with van der Waals surface area (Å²) in [5, 5.41) is 0. The molecular weight excluding hydrogens is 290 g/mol. The Balaban J connectivity index is 1.55. The van der Waals surface area contributed by atoms with Crippen molar-refractivity contribution in [1.29, 1.82) is 0 Å². The number of benzene rings is 1. The van der Waals surface area contributed by atoms with Crippen LogP contribution in [0.4, 0.5) is 0 Å². The van der Waals surface area contributed by atoms with Crippen molar-refractivity contribution in [3.8, 4) is 0 Å². The Morgan fingerprint density at radius 1 is 1.30 bits per heavy atom. The molecule has 1 amide bonds. The number of carbonyl (C=O) groups excluding carboxylic acids is 1. The lowest BCUT2D eigenvalue weighted by Gasteiger charge is -2.28. The molecule has 2 heterocycles. The molecule has 0 N–H and O–H groups in total. The van der Waals surface area contributed by atoms with Gasteiger partial charge in [-0.1, -0.05) is 30.3 Å². The number of carbonyl (C=O) groups is 1. The van der Waals surface area contributed by atoms with Crippen molar-refractivity contribution in [3.63, 3.8) is 0 Å². The second kappa shape index (κ2) is 7.45. The van der Waals surface area contributed by atoms with Gasteiger partial charge < -0.3 is 14.4 Å². The fourth-order valence-corrected chi connectivity index (χ4v) is 3.99. The van der Waals surface area contributed by atoms with Crippen LogP contribution >= 0.6 is 0 Å². The van der Waals surface area contributed by atoms with Crippen molar-refractivity contribution in [2.45, 2.75) is 57.2 Å². The highest BCUT2D eigenvalue weighted by Crippen LogP contribution is 2.37. The van der Waals surface area contributed by atoms with Crippen LogP contribution in [-0.2, 0) is 14.3 Å². The Morgan fingerprint density at radius 2 is 2.09 bits per heavy atom. The Hall–Kier alpha value is -1.39. The molecule has 2 fully saturated rings. The standard InChI is InChI=1S/C19H27NO3/c1-14-11-18(16-7-4-3-5-8-16)15(2)20(14)19(21)13-22-12-17-9-6-10-23-17/h3-5,7-8,14-15,17-18H,6,9-13H2,1-2H3. The molecule has 2 aliphatic heterocycles. The van der Waals surface area contributed by atoms with Gasteiger partial charge in [-0.25, -0.2) is 0 Å². The maximum absolute atomic E-state index is 12.6. The SMILES string of the molecule is CC1CC(c2ccccc2)C(C)N1C(=O)COCC1CCCO1. The van der Waals surface area contributed by atoms with E-state index in [0.29, 0.717) is 12.5 Å². The topological polar surface area (TPSA) is 38.8 Å². The number of hydrogen-bond donors (Lipinski definition) is 0. The minimum atomic E-state index is 0.0985. The molecule has 0 aliphatic carbocycles. The molecule has 0 bridgehead atoms. The molecular formula is C19H27NO3. The third kappa shape index (κ3) is 3.75. The first kappa shape index (κ1) is 16.5. The number of amides is 1. The zero-order chi connectivity index (χ0) is 16.2. The minimum Gasteiger partial charge on any atom is -0.376 e. The van der Waals surface area contributed by atoms with Crippen LogP contribution in [0.2, 0.25) is 0 Å². The molecule has 4 heteroatoms. The second-order valence-corrected chi connectivity index (χ2v) is 6.79. The molecule has 1 aromatic rings. The van der Waals surface area contributed by atoms with E-state index in [-0.39, 0.29) is 30.7 Å². The molecule has 23 heavy (non-hydrogen) atoms. The van der Waals surface area contributed by atoms with E-state index in [1.165, 1.54) is 5.56 Å². The fraction of sp³-hybridized carbons (Fsp3) is 0.632. The summed E-state index contributed by atoms with van der Waals surface area (Å²) in [6, 6.07) is 11.0. The summed E-state index contributed by atoms with van der Waals surface area (Å²) in [6.07, 6.45) is 3.33. The molecule has 4 nitrogen and oxygen atoms in total. The van der Waals surface area contributed by atoms with Gasteiger partial charge in [0, 0.05) is 24.6 Å². The highest BCUT2D eigenvalue weighted by Gasteiger charge is 2.39. The summed E-state index contributed by atoms with van der Waals surface area (Å²) in [7, 11) is 0. The predicted molar refractivity (Wildman–Crippen MR) is 89.4 cm³/mol. The first-order valence-electron chi connectivity index (χ1n) is 8.72. The van der Waals surface area contributed by atoms with Gasteiger partial charge >= 0.3 is 0 Å². The molecule has 3 rings (SSSR count). The van der Waals surface area contributed by atoms with E-state index >= 15 is 0 Å². The van der Waals surface area contributed by atoms with Crippen molar-refractivity contribution in [3.05, 3.63) is 35.9 Å². The average Bonchev–Trinajstić information content (AvgIpc) is 3.16. The molecule has 4 unspecified atom stereocenters. The third-order valence-corrected chi connectivity index (χ3v) is 5.16. The number of rotatable bonds is 5. The van der Waals surface area contributed by atoms with E-state index in [1.54, 1.807) is 0 Å². The Kier molecular flexibility index (Phi) is 5.34. The van der Waals surface area contributed by atoms with Crippen molar-refractivity contribution in [1.82, 2.24) is 4.90 Å². The van der Waals surface area contributed by atoms with Crippen molar-refractivity contribution < 1.29 is 14.3 Å². The number of likely N-dealkylation sites (tertiary alicyclic amines) is 1. The van der Waals surface area contributed by atoms with Gasteiger partial charge in [-0.05, 0) is 38.7 Å². The van der Waals surface area contributed by atoms with E-state index in [4.69, 9.17) is 9.47 Å². The predicted octanol–water partition coefficient (Wildman–Crippen LogP) is 2.98. The Bertz CT molecular complexity index is 513. The first-order valence-corrected chi connectivity index (χ1v) is 8.72. The molecule has 0 aromatic heterocycles. The van der Waals surface area contributed by atoms with Gasteiger partial charge in [0.05, 0.1) is 12.7 Å². The highest BCUT2D eigenvalue weighted by molar-refractivity contribution is 5.78. The maximum Gasteiger partial charge on any atom is 0.249 e. The lowest BCUT2D eigenvalue weighted by molar-refractivity contribution is -0.139. The van der Waals surface area contributed by atoms with Crippen molar-refractivity contribution in [2.75, 3.05) is 19.8 Å². The molecule has 2 saturated heterocycles. The zero-order valence-electron chi connectivity index (χ0n) is 14.1.